The lowest BCUT2D eigenvalue weighted by Crippen LogP contribution is -2.12. The summed E-state index contributed by atoms with van der Waals surface area (Å²) >= 11 is 1.12. The number of anilines is 1. The van der Waals surface area contributed by atoms with Crippen LogP contribution in [0.1, 0.15) is 16.1 Å². The molecule has 0 aromatic carbocycles. The Morgan fingerprint density at radius 2 is 2.21 bits per heavy atom. The van der Waals surface area contributed by atoms with Crippen LogP contribution in [0.15, 0.2) is 23.7 Å². The molecule has 6 nitrogen and oxygen atoms in total. The van der Waals surface area contributed by atoms with Crippen molar-refractivity contribution in [3.05, 3.63) is 40.9 Å². The monoisotopic (exact) mass is 281 g/mol. The van der Waals surface area contributed by atoms with E-state index in [9.17, 15) is 14.0 Å². The summed E-state index contributed by atoms with van der Waals surface area (Å²) in [5.74, 6) is -2.15. The van der Waals surface area contributed by atoms with Crippen LogP contribution in [0.25, 0.3) is 0 Å². The fourth-order valence-corrected chi connectivity index (χ4v) is 1.99. The van der Waals surface area contributed by atoms with E-state index < -0.39 is 17.8 Å². The Morgan fingerprint density at radius 3 is 2.84 bits per heavy atom. The van der Waals surface area contributed by atoms with E-state index in [1.807, 2.05) is 0 Å². The second-order valence-corrected chi connectivity index (χ2v) is 4.40. The van der Waals surface area contributed by atoms with Crippen LogP contribution < -0.4 is 5.32 Å². The molecule has 0 atom stereocenters. The molecule has 0 radical (unpaired) electrons. The van der Waals surface area contributed by atoms with Gasteiger partial charge >= 0.3 is 5.97 Å². The van der Waals surface area contributed by atoms with Crippen LogP contribution in [0, 0.1) is 5.95 Å². The second-order valence-electron chi connectivity index (χ2n) is 3.54. The van der Waals surface area contributed by atoms with Crippen LogP contribution in [-0.4, -0.2) is 27.0 Å². The zero-order valence-corrected chi connectivity index (χ0v) is 10.3. The number of thiazole rings is 1. The van der Waals surface area contributed by atoms with Gasteiger partial charge < -0.3 is 5.11 Å². The average Bonchev–Trinajstić information content (AvgIpc) is 2.76. The number of nitrogens with one attached hydrogen (secondary N) is 1. The first-order valence-electron chi connectivity index (χ1n) is 5.13. The minimum Gasteiger partial charge on any atom is -0.481 e. The van der Waals surface area contributed by atoms with Gasteiger partial charge in [0.15, 0.2) is 5.13 Å². The highest BCUT2D eigenvalue weighted by Gasteiger charge is 2.11. The van der Waals surface area contributed by atoms with Crippen LogP contribution in [0.4, 0.5) is 9.52 Å². The highest BCUT2D eigenvalue weighted by Crippen LogP contribution is 2.16. The number of pyridine rings is 1. The van der Waals surface area contributed by atoms with E-state index in [1.54, 1.807) is 5.38 Å². The van der Waals surface area contributed by atoms with E-state index in [1.165, 1.54) is 6.07 Å². The summed E-state index contributed by atoms with van der Waals surface area (Å²) in [6.45, 7) is 0. The quantitative estimate of drug-likeness (QED) is 0.830. The molecule has 0 aliphatic rings. The van der Waals surface area contributed by atoms with E-state index in [0.717, 1.165) is 23.6 Å². The van der Waals surface area contributed by atoms with Gasteiger partial charge in [-0.15, -0.1) is 11.3 Å². The van der Waals surface area contributed by atoms with Gasteiger partial charge in [0.25, 0.3) is 5.91 Å². The van der Waals surface area contributed by atoms with Crippen LogP contribution in [0.3, 0.4) is 0 Å². The maximum atomic E-state index is 12.6. The highest BCUT2D eigenvalue weighted by atomic mass is 32.1. The maximum Gasteiger partial charge on any atom is 0.309 e. The van der Waals surface area contributed by atoms with E-state index in [0.29, 0.717) is 5.69 Å². The van der Waals surface area contributed by atoms with Gasteiger partial charge in [-0.25, -0.2) is 9.97 Å². The van der Waals surface area contributed by atoms with Crippen LogP contribution >= 0.6 is 11.3 Å². The number of rotatable bonds is 4. The number of carboxylic acid groups (broad SMARTS) is 1. The van der Waals surface area contributed by atoms with Crippen LogP contribution in [0.2, 0.25) is 0 Å². The lowest BCUT2D eigenvalue weighted by Gasteiger charge is -2.00. The summed E-state index contributed by atoms with van der Waals surface area (Å²) in [5, 5.41) is 12.9. The average molecular weight is 281 g/mol. The van der Waals surface area contributed by atoms with Gasteiger partial charge in [0, 0.05) is 11.6 Å². The molecule has 2 N–H and O–H groups in total. The molecule has 19 heavy (non-hydrogen) atoms. The Labute approximate surface area is 110 Å². The standard InChI is InChI=1S/C11H8FN3O3S/c12-8-2-1-6(4-13-8)10(18)15-11-14-7(5-19-11)3-9(16)17/h1-2,4-5H,3H2,(H,16,17)(H,14,15,18). The van der Waals surface area contributed by atoms with E-state index in [4.69, 9.17) is 5.11 Å². The molecule has 2 aromatic rings. The van der Waals surface area contributed by atoms with Crippen LogP contribution in [-0.2, 0) is 11.2 Å². The molecule has 2 aromatic heterocycles. The van der Waals surface area contributed by atoms with Crippen molar-refractivity contribution in [1.29, 1.82) is 0 Å². The molecular formula is C11H8FN3O3S. The molecule has 0 unspecified atom stereocenters. The fraction of sp³-hybridized carbons (Fsp3) is 0.0909. The molecule has 0 saturated heterocycles. The van der Waals surface area contributed by atoms with Gasteiger partial charge in [0.1, 0.15) is 0 Å². The van der Waals surface area contributed by atoms with E-state index in [2.05, 4.69) is 15.3 Å². The van der Waals surface area contributed by atoms with Gasteiger partial charge in [0.05, 0.1) is 17.7 Å². The first kappa shape index (κ1) is 13.1. The molecule has 98 valence electrons. The lowest BCUT2D eigenvalue weighted by atomic mass is 10.3. The van der Waals surface area contributed by atoms with Crippen molar-refractivity contribution in [2.24, 2.45) is 0 Å². The minimum absolute atomic E-state index is 0.191. The topological polar surface area (TPSA) is 92.2 Å². The molecule has 0 aliphatic heterocycles. The van der Waals surface area contributed by atoms with Crippen molar-refractivity contribution in [1.82, 2.24) is 9.97 Å². The number of aliphatic carboxylic acids is 1. The summed E-state index contributed by atoms with van der Waals surface area (Å²) in [4.78, 5) is 29.5. The Balaban J connectivity index is 2.04. The first-order chi connectivity index (χ1) is 9.04. The number of aromatic nitrogens is 2. The van der Waals surface area contributed by atoms with Crippen molar-refractivity contribution in [2.75, 3.05) is 5.32 Å². The van der Waals surface area contributed by atoms with Crippen LogP contribution in [0.5, 0.6) is 0 Å². The number of halogens is 1. The number of amides is 1. The third-order valence-corrected chi connectivity index (χ3v) is 2.90. The van der Waals surface area contributed by atoms with Gasteiger partial charge in [-0.2, -0.15) is 4.39 Å². The van der Waals surface area contributed by atoms with E-state index >= 15 is 0 Å². The number of carbonyl (C=O) groups is 2. The normalized spacial score (nSPS) is 10.2. The summed E-state index contributed by atoms with van der Waals surface area (Å²) in [7, 11) is 0. The molecule has 0 bridgehead atoms. The lowest BCUT2D eigenvalue weighted by molar-refractivity contribution is -0.136. The van der Waals surface area contributed by atoms with Crippen molar-refractivity contribution in [2.45, 2.75) is 6.42 Å². The number of carbonyl (C=O) groups excluding carboxylic acids is 1. The second kappa shape index (κ2) is 5.53. The summed E-state index contributed by atoms with van der Waals surface area (Å²) in [6, 6.07) is 2.37. The third kappa shape index (κ3) is 3.55. The van der Waals surface area contributed by atoms with Crippen molar-refractivity contribution < 1.29 is 19.1 Å². The molecular weight excluding hydrogens is 273 g/mol. The Kier molecular flexibility index (Phi) is 3.81. The number of carboxylic acids is 1. The molecule has 1 amide bonds. The largest absolute Gasteiger partial charge is 0.481 e. The predicted octanol–water partition coefficient (Wildman–Crippen LogP) is 1.56. The molecule has 8 heteroatoms. The number of hydrogen-bond acceptors (Lipinski definition) is 5. The summed E-state index contributed by atoms with van der Waals surface area (Å²) in [6.07, 6.45) is 0.904. The molecule has 2 rings (SSSR count). The minimum atomic E-state index is -0.995. The Morgan fingerprint density at radius 1 is 1.42 bits per heavy atom. The van der Waals surface area contributed by atoms with Gasteiger partial charge in [-0.1, -0.05) is 0 Å². The summed E-state index contributed by atoms with van der Waals surface area (Å²) < 4.78 is 12.6. The van der Waals surface area contributed by atoms with Gasteiger partial charge in [0.2, 0.25) is 5.95 Å². The third-order valence-electron chi connectivity index (χ3n) is 2.09. The smallest absolute Gasteiger partial charge is 0.309 e. The zero-order valence-electron chi connectivity index (χ0n) is 9.46. The Hall–Kier alpha value is -2.35. The molecule has 0 aliphatic carbocycles. The maximum absolute atomic E-state index is 12.6. The van der Waals surface area contributed by atoms with Crippen molar-refractivity contribution >= 4 is 28.3 Å². The molecule has 0 spiro atoms. The highest BCUT2D eigenvalue weighted by molar-refractivity contribution is 7.14. The van der Waals surface area contributed by atoms with Gasteiger partial charge in [-0.05, 0) is 12.1 Å². The van der Waals surface area contributed by atoms with Gasteiger partial charge in [-0.3, -0.25) is 14.9 Å². The van der Waals surface area contributed by atoms with E-state index in [-0.39, 0.29) is 17.1 Å². The number of hydrogen-bond donors (Lipinski definition) is 2. The fourth-order valence-electron chi connectivity index (χ4n) is 1.28. The number of nitrogens with zero attached hydrogens (tertiary/aromatic N) is 2. The predicted molar refractivity (Wildman–Crippen MR) is 65.6 cm³/mol. The van der Waals surface area contributed by atoms with Crippen molar-refractivity contribution in [3.8, 4) is 0 Å². The first-order valence-corrected chi connectivity index (χ1v) is 6.01. The molecule has 0 saturated carbocycles. The summed E-state index contributed by atoms with van der Waals surface area (Å²) in [5.41, 5.74) is 0.557. The zero-order chi connectivity index (χ0) is 13.8. The molecule has 2 heterocycles. The SMILES string of the molecule is O=C(O)Cc1csc(NC(=O)c2ccc(F)nc2)n1. The molecule has 0 fully saturated rings. The Bertz CT molecular complexity index is 612. The van der Waals surface area contributed by atoms with Crippen molar-refractivity contribution in [3.63, 3.8) is 0 Å².